The topological polar surface area (TPSA) is 473 Å². The second kappa shape index (κ2) is 15.0. The van der Waals surface area contributed by atoms with Gasteiger partial charge in [0.2, 0.25) is 6.29 Å². The van der Waals surface area contributed by atoms with E-state index in [2.05, 4.69) is 4.74 Å². The number of esters is 3. The van der Waals surface area contributed by atoms with Gasteiger partial charge in [-0.15, -0.1) is 0 Å². The number of carboxylic acid groups (broad SMARTS) is 5. The molecule has 26 nitrogen and oxygen atoms in total. The Kier molecular flexibility index (Phi) is 11.5. The van der Waals surface area contributed by atoms with E-state index < -0.39 is 159 Å². The van der Waals surface area contributed by atoms with Gasteiger partial charge in [0.1, 0.15) is 45.9 Å². The number of ether oxygens (including phenoxy) is 3. The molecular weight excluding hydrogens is 738 g/mol. The molecule has 0 spiro atoms. The zero-order valence-electron chi connectivity index (χ0n) is 25.5. The first-order valence-electron chi connectivity index (χ1n) is 13.8. The zero-order chi connectivity index (χ0) is 40.7. The van der Waals surface area contributed by atoms with Crippen molar-refractivity contribution in [3.63, 3.8) is 0 Å². The summed E-state index contributed by atoms with van der Waals surface area (Å²) in [4.78, 5) is 96.0. The van der Waals surface area contributed by atoms with Crippen molar-refractivity contribution in [1.29, 1.82) is 0 Å². The van der Waals surface area contributed by atoms with Gasteiger partial charge in [-0.25, -0.2) is 28.8 Å². The molecule has 0 amide bonds. The van der Waals surface area contributed by atoms with Crippen LogP contribution in [0.3, 0.4) is 0 Å². The van der Waals surface area contributed by atoms with E-state index in [4.69, 9.17) is 25.4 Å². The van der Waals surface area contributed by atoms with Gasteiger partial charge in [-0.3, -0.25) is 9.59 Å². The van der Waals surface area contributed by atoms with Gasteiger partial charge in [-0.2, -0.15) is 0 Å². The Bertz CT molecular complexity index is 1880. The van der Waals surface area contributed by atoms with Crippen molar-refractivity contribution in [3.05, 3.63) is 28.0 Å². The molecule has 288 valence electrons. The first kappa shape index (κ1) is 40.8. The molecule has 0 fully saturated rings. The standard InChI is InChI=1S/C27H25NO25/c28-8-13(33)4(25(48)53-27(50)23(45)46)2-11(31)7(21(41)42)26(49)51-17(2)18(8)52-24(47)3(14(34)15(35)16(36)22(43)44)1-9(29)5(19(37)38)12(32)6(10(1)30)20(39)40/h1,3,5,9-10,14-16,26,29-36,49H,28H2,(H,37,38)(H,39,40)(H,41,42)(H,43,44)(H,45,46). The highest BCUT2D eigenvalue weighted by atomic mass is 16.6. The minimum atomic E-state index is -3.16. The van der Waals surface area contributed by atoms with Crippen molar-refractivity contribution in [3.8, 4) is 17.2 Å². The van der Waals surface area contributed by atoms with Crippen LogP contribution in [0.4, 0.5) is 5.69 Å². The number of phenolic OH excluding ortho intramolecular Hbond substituents is 1. The maximum absolute atomic E-state index is 13.9. The molecule has 0 aromatic heterocycles. The second-order valence-electron chi connectivity index (χ2n) is 10.8. The summed E-state index contributed by atoms with van der Waals surface area (Å²) in [6.07, 6.45) is -17.9. The number of hydrogen-bond acceptors (Lipinski definition) is 21. The van der Waals surface area contributed by atoms with Gasteiger partial charge in [0.15, 0.2) is 23.4 Å². The van der Waals surface area contributed by atoms with Gasteiger partial charge >= 0.3 is 47.8 Å². The molecule has 16 N–H and O–H groups in total. The van der Waals surface area contributed by atoms with Crippen molar-refractivity contribution in [2.75, 3.05) is 5.73 Å². The quantitative estimate of drug-likeness (QED) is 0.0249. The van der Waals surface area contributed by atoms with Crippen LogP contribution >= 0.6 is 0 Å². The van der Waals surface area contributed by atoms with Gasteiger partial charge in [0.25, 0.3) is 0 Å². The Balaban J connectivity index is 2.38. The number of rotatable bonds is 11. The summed E-state index contributed by atoms with van der Waals surface area (Å²) in [7, 11) is 0. The summed E-state index contributed by atoms with van der Waals surface area (Å²) in [6.45, 7) is 0. The Morgan fingerprint density at radius 2 is 1.34 bits per heavy atom. The molecule has 0 bridgehead atoms. The third-order valence-corrected chi connectivity index (χ3v) is 7.83. The van der Waals surface area contributed by atoms with Crippen LogP contribution in [0.15, 0.2) is 16.9 Å². The number of carbonyl (C=O) groups is 8. The molecule has 0 saturated carbocycles. The first-order valence-corrected chi connectivity index (χ1v) is 13.8. The molecule has 1 aliphatic heterocycles. The van der Waals surface area contributed by atoms with Crippen molar-refractivity contribution in [1.82, 2.24) is 0 Å². The van der Waals surface area contributed by atoms with E-state index in [1.54, 1.807) is 0 Å². The van der Waals surface area contributed by atoms with E-state index in [1.807, 2.05) is 0 Å². The second-order valence-corrected chi connectivity index (χ2v) is 10.8. The van der Waals surface area contributed by atoms with Gasteiger partial charge in [-0.1, -0.05) is 0 Å². The molecule has 1 heterocycles. The maximum Gasteiger partial charge on any atom is 0.425 e. The van der Waals surface area contributed by atoms with Gasteiger partial charge in [-0.05, 0) is 0 Å². The lowest BCUT2D eigenvalue weighted by Crippen LogP contribution is -2.58. The molecule has 2 aliphatic rings. The molecule has 1 aromatic rings. The summed E-state index contributed by atoms with van der Waals surface area (Å²) in [5.74, 6) is -35.1. The summed E-state index contributed by atoms with van der Waals surface area (Å²) in [6, 6.07) is 0. The fraction of sp³-hybridized carbons (Fsp3) is 0.333. The number of benzene rings is 1. The molecule has 9 unspecified atom stereocenters. The number of aliphatic hydroxyl groups excluding tert-OH is 8. The fourth-order valence-electron chi connectivity index (χ4n) is 5.38. The van der Waals surface area contributed by atoms with E-state index >= 15 is 0 Å². The summed E-state index contributed by atoms with van der Waals surface area (Å²) in [5, 5.41) is 142. The maximum atomic E-state index is 13.9. The highest BCUT2D eigenvalue weighted by Gasteiger charge is 2.57. The van der Waals surface area contributed by atoms with E-state index in [-0.39, 0.29) is 0 Å². The number of aliphatic carboxylic acids is 5. The Morgan fingerprint density at radius 3 is 1.81 bits per heavy atom. The molecule has 0 radical (unpaired) electrons. The molecular formula is C27H25NO25. The average molecular weight is 763 g/mol. The normalized spacial score (nSPS) is 23.3. The Morgan fingerprint density at radius 1 is 0.792 bits per heavy atom. The molecule has 3 rings (SSSR count). The van der Waals surface area contributed by atoms with Crippen LogP contribution in [0.25, 0.3) is 5.76 Å². The van der Waals surface area contributed by atoms with Gasteiger partial charge in [0, 0.05) is 5.92 Å². The molecule has 53 heavy (non-hydrogen) atoms. The number of nitrogen functional groups attached to an aromatic ring is 1. The molecule has 1 aromatic carbocycles. The largest absolute Gasteiger partial charge is 0.511 e. The number of aliphatic hydroxyl groups is 8. The molecule has 0 saturated heterocycles. The lowest BCUT2D eigenvalue weighted by molar-refractivity contribution is -0.178. The SMILES string of the molecule is Nc1c(O)c(C(=O)OC(=O)C(=O)O)c2c(c1OC(=O)C(C(O)C(O)C(O)C(=O)O)C1C(O)C(C(=O)O)=C(O)C(C(=O)O)C1O)OC(O)C(C(=O)O)=C2O. The van der Waals surface area contributed by atoms with Crippen molar-refractivity contribution < 1.29 is 124 Å². The average Bonchev–Trinajstić information content (AvgIpc) is 3.03. The van der Waals surface area contributed by atoms with E-state index in [0.29, 0.717) is 0 Å². The van der Waals surface area contributed by atoms with E-state index in [0.717, 1.165) is 0 Å². The molecule has 1 aliphatic carbocycles. The molecule has 26 heteroatoms. The van der Waals surface area contributed by atoms with Crippen LogP contribution in [-0.4, -0.2) is 156 Å². The number of hydrogen-bond donors (Lipinski definition) is 15. The predicted octanol–water partition coefficient (Wildman–Crippen LogP) is -5.56. The number of anilines is 1. The lowest BCUT2D eigenvalue weighted by Gasteiger charge is -2.41. The number of aromatic hydroxyl groups is 1. The number of carbonyl (C=O) groups excluding carboxylic acids is 3. The number of carboxylic acids is 5. The van der Waals surface area contributed by atoms with Gasteiger partial charge < -0.3 is 91.4 Å². The van der Waals surface area contributed by atoms with Crippen LogP contribution in [0.1, 0.15) is 15.9 Å². The monoisotopic (exact) mass is 763 g/mol. The lowest BCUT2D eigenvalue weighted by atomic mass is 9.68. The van der Waals surface area contributed by atoms with Crippen LogP contribution in [0.5, 0.6) is 17.2 Å². The van der Waals surface area contributed by atoms with Crippen LogP contribution in [0, 0.1) is 17.8 Å². The van der Waals surface area contributed by atoms with Crippen molar-refractivity contribution >= 4 is 59.2 Å². The highest BCUT2D eigenvalue weighted by Crippen LogP contribution is 2.52. The zero-order valence-corrected chi connectivity index (χ0v) is 25.5. The third kappa shape index (κ3) is 7.15. The Labute approximate surface area is 289 Å². The van der Waals surface area contributed by atoms with Crippen molar-refractivity contribution in [2.24, 2.45) is 17.8 Å². The van der Waals surface area contributed by atoms with E-state index in [9.17, 15) is 99.6 Å². The summed E-state index contributed by atoms with van der Waals surface area (Å²) in [5.41, 5.74) is -1.99. The number of nitrogens with two attached hydrogens (primary N) is 1. The van der Waals surface area contributed by atoms with E-state index in [1.165, 1.54) is 0 Å². The fourth-order valence-corrected chi connectivity index (χ4v) is 5.38. The number of fused-ring (bicyclic) bond motifs is 1. The third-order valence-electron chi connectivity index (χ3n) is 7.83. The van der Waals surface area contributed by atoms with Gasteiger partial charge in [0.05, 0.1) is 29.8 Å². The predicted molar refractivity (Wildman–Crippen MR) is 153 cm³/mol. The minimum Gasteiger partial charge on any atom is -0.511 e. The smallest absolute Gasteiger partial charge is 0.425 e. The van der Waals surface area contributed by atoms with Crippen molar-refractivity contribution in [2.45, 2.75) is 36.8 Å². The number of phenols is 1. The summed E-state index contributed by atoms with van der Waals surface area (Å²) >= 11 is 0. The first-order chi connectivity index (χ1) is 24.4. The van der Waals surface area contributed by atoms with Crippen LogP contribution < -0.4 is 15.2 Å². The van der Waals surface area contributed by atoms with Crippen LogP contribution in [-0.2, 0) is 38.3 Å². The molecule has 9 atom stereocenters. The minimum absolute atomic E-state index is 1.46. The summed E-state index contributed by atoms with van der Waals surface area (Å²) < 4.78 is 13.9. The van der Waals surface area contributed by atoms with Crippen LogP contribution in [0.2, 0.25) is 0 Å². The Hall–Kier alpha value is -6.58. The highest BCUT2D eigenvalue weighted by molar-refractivity contribution is 6.31.